The summed E-state index contributed by atoms with van der Waals surface area (Å²) < 4.78 is 2.59. The summed E-state index contributed by atoms with van der Waals surface area (Å²) in [5.41, 5.74) is 0.567. The van der Waals surface area contributed by atoms with E-state index in [2.05, 4.69) is 20.9 Å². The molecule has 2 aromatic rings. The van der Waals surface area contributed by atoms with Crippen LogP contribution in [0.1, 0.15) is 0 Å². The topological polar surface area (TPSA) is 37.3 Å². The van der Waals surface area contributed by atoms with Crippen LogP contribution in [0.5, 0.6) is 0 Å². The summed E-state index contributed by atoms with van der Waals surface area (Å²) >= 11 is 3.28. The molecule has 0 amide bonds. The summed E-state index contributed by atoms with van der Waals surface area (Å²) in [7, 11) is 0. The lowest BCUT2D eigenvalue weighted by atomic mass is 10.5. The highest BCUT2D eigenvalue weighted by Crippen LogP contribution is 2.14. The first-order valence-electron chi connectivity index (χ1n) is 3.13. The van der Waals surface area contributed by atoms with Crippen LogP contribution in [0.15, 0.2) is 33.9 Å². The van der Waals surface area contributed by atoms with Crippen LogP contribution in [0.2, 0.25) is 0 Å². The van der Waals surface area contributed by atoms with Crippen LogP contribution < -0.4 is 5.56 Å². The van der Waals surface area contributed by atoms with Crippen LogP contribution in [0.3, 0.4) is 0 Å². The van der Waals surface area contributed by atoms with E-state index in [0.29, 0.717) is 5.52 Å². The Hall–Kier alpha value is -1.03. The molecule has 0 saturated heterocycles. The Morgan fingerprint density at radius 2 is 2.27 bits per heavy atom. The molecule has 0 spiro atoms. The van der Waals surface area contributed by atoms with E-state index < -0.39 is 0 Å². The van der Waals surface area contributed by atoms with Gasteiger partial charge in [-0.3, -0.25) is 4.79 Å². The number of aromatic amines is 1. The highest BCUT2D eigenvalue weighted by Gasteiger charge is 2.00. The Kier molecular flexibility index (Phi) is 1.35. The second kappa shape index (κ2) is 2.23. The van der Waals surface area contributed by atoms with E-state index >= 15 is 0 Å². The Morgan fingerprint density at radius 3 is 3.00 bits per heavy atom. The zero-order valence-corrected chi connectivity index (χ0v) is 7.13. The first-order valence-corrected chi connectivity index (χ1v) is 3.92. The summed E-state index contributed by atoms with van der Waals surface area (Å²) in [4.78, 5) is 13.7. The third kappa shape index (κ3) is 0.903. The molecule has 0 radical (unpaired) electrons. The Bertz CT molecular complexity index is 443. The van der Waals surface area contributed by atoms with E-state index in [1.807, 2.05) is 12.3 Å². The quantitative estimate of drug-likeness (QED) is 0.705. The van der Waals surface area contributed by atoms with Gasteiger partial charge in [-0.15, -0.1) is 0 Å². The van der Waals surface area contributed by atoms with Gasteiger partial charge in [-0.25, -0.2) is 0 Å². The number of hydrogen-bond acceptors (Lipinski definition) is 1. The number of H-pyrrole nitrogens is 1. The van der Waals surface area contributed by atoms with Gasteiger partial charge in [-0.05, 0) is 22.0 Å². The van der Waals surface area contributed by atoms with E-state index in [4.69, 9.17) is 0 Å². The second-order valence-corrected chi connectivity index (χ2v) is 3.06. The fourth-order valence-corrected chi connectivity index (χ4v) is 1.54. The van der Waals surface area contributed by atoms with Gasteiger partial charge in [0.25, 0.3) is 5.56 Å². The minimum atomic E-state index is -0.0793. The van der Waals surface area contributed by atoms with Crippen molar-refractivity contribution in [2.24, 2.45) is 0 Å². The van der Waals surface area contributed by atoms with Gasteiger partial charge in [-0.2, -0.15) is 0 Å². The van der Waals surface area contributed by atoms with Crippen LogP contribution in [-0.4, -0.2) is 9.38 Å². The SMILES string of the molecule is O=c1[nH]ccn2ccc(Br)c12. The molecule has 0 saturated carbocycles. The van der Waals surface area contributed by atoms with Gasteiger partial charge in [-0.1, -0.05) is 0 Å². The molecule has 3 nitrogen and oxygen atoms in total. The van der Waals surface area contributed by atoms with Crippen LogP contribution >= 0.6 is 15.9 Å². The molecule has 0 aromatic carbocycles. The van der Waals surface area contributed by atoms with Crippen LogP contribution in [0.4, 0.5) is 0 Å². The molecule has 0 aliphatic carbocycles. The maximum Gasteiger partial charge on any atom is 0.273 e. The zero-order valence-electron chi connectivity index (χ0n) is 5.54. The molecule has 4 heteroatoms. The molecule has 2 heterocycles. The lowest BCUT2D eigenvalue weighted by Gasteiger charge is -1.90. The molecule has 2 rings (SSSR count). The van der Waals surface area contributed by atoms with E-state index in [0.717, 1.165) is 4.47 Å². The van der Waals surface area contributed by atoms with Crippen LogP contribution in [0, 0.1) is 0 Å². The van der Waals surface area contributed by atoms with Crippen molar-refractivity contribution in [3.63, 3.8) is 0 Å². The number of rotatable bonds is 0. The number of halogens is 1. The standard InChI is InChI=1S/C7H5BrN2O/c8-5-1-3-10-4-2-9-7(11)6(5)10/h1-4H,(H,9,11). The highest BCUT2D eigenvalue weighted by atomic mass is 79.9. The van der Waals surface area contributed by atoms with Crippen molar-refractivity contribution in [2.45, 2.75) is 0 Å². The fourth-order valence-electron chi connectivity index (χ4n) is 1.03. The van der Waals surface area contributed by atoms with Crippen molar-refractivity contribution >= 4 is 21.4 Å². The predicted octanol–water partition coefficient (Wildman–Crippen LogP) is 1.39. The molecule has 0 aliphatic heterocycles. The third-order valence-electron chi connectivity index (χ3n) is 1.53. The predicted molar refractivity (Wildman–Crippen MR) is 45.7 cm³/mol. The number of fused-ring (bicyclic) bond motifs is 1. The van der Waals surface area contributed by atoms with Crippen molar-refractivity contribution in [2.75, 3.05) is 0 Å². The number of nitrogens with one attached hydrogen (secondary N) is 1. The van der Waals surface area contributed by atoms with Crippen LogP contribution in [0.25, 0.3) is 5.52 Å². The summed E-state index contributed by atoms with van der Waals surface area (Å²) in [5, 5.41) is 0. The Morgan fingerprint density at radius 1 is 1.45 bits per heavy atom. The third-order valence-corrected chi connectivity index (χ3v) is 2.17. The first kappa shape index (κ1) is 6.67. The summed E-state index contributed by atoms with van der Waals surface area (Å²) in [6.07, 6.45) is 5.23. The molecular formula is C7H5BrN2O. The summed E-state index contributed by atoms with van der Waals surface area (Å²) in [6, 6.07) is 1.84. The largest absolute Gasteiger partial charge is 0.326 e. The van der Waals surface area contributed by atoms with Gasteiger partial charge in [0.15, 0.2) is 0 Å². The van der Waals surface area contributed by atoms with Gasteiger partial charge >= 0.3 is 0 Å². The fraction of sp³-hybridized carbons (Fsp3) is 0. The molecule has 0 bridgehead atoms. The van der Waals surface area contributed by atoms with Crippen molar-refractivity contribution in [3.8, 4) is 0 Å². The average Bonchev–Trinajstić information content (AvgIpc) is 2.34. The molecule has 2 aromatic heterocycles. The number of nitrogens with zero attached hydrogens (tertiary/aromatic N) is 1. The van der Waals surface area contributed by atoms with Gasteiger partial charge in [0.05, 0.1) is 0 Å². The number of hydrogen-bond donors (Lipinski definition) is 1. The Labute approximate surface area is 70.8 Å². The lowest BCUT2D eigenvalue weighted by molar-refractivity contribution is 1.10. The molecular weight excluding hydrogens is 208 g/mol. The Balaban J connectivity index is 3.08. The minimum absolute atomic E-state index is 0.0793. The maximum atomic E-state index is 11.2. The zero-order chi connectivity index (χ0) is 7.84. The highest BCUT2D eigenvalue weighted by molar-refractivity contribution is 9.10. The molecule has 0 fully saturated rings. The van der Waals surface area contributed by atoms with E-state index in [1.165, 1.54) is 0 Å². The molecule has 1 N–H and O–H groups in total. The monoisotopic (exact) mass is 212 g/mol. The van der Waals surface area contributed by atoms with Crippen molar-refractivity contribution in [1.29, 1.82) is 0 Å². The molecule has 0 atom stereocenters. The van der Waals surface area contributed by atoms with Gasteiger partial charge in [0.2, 0.25) is 0 Å². The van der Waals surface area contributed by atoms with Gasteiger partial charge in [0, 0.05) is 23.1 Å². The molecule has 0 aliphatic rings. The second-order valence-electron chi connectivity index (χ2n) is 2.21. The maximum absolute atomic E-state index is 11.2. The average molecular weight is 213 g/mol. The van der Waals surface area contributed by atoms with E-state index in [-0.39, 0.29) is 5.56 Å². The lowest BCUT2D eigenvalue weighted by Crippen LogP contribution is -2.07. The first-order chi connectivity index (χ1) is 5.29. The van der Waals surface area contributed by atoms with Gasteiger partial charge in [0.1, 0.15) is 5.52 Å². The molecule has 56 valence electrons. The van der Waals surface area contributed by atoms with Crippen molar-refractivity contribution < 1.29 is 0 Å². The normalized spacial score (nSPS) is 10.6. The van der Waals surface area contributed by atoms with E-state index in [9.17, 15) is 4.79 Å². The number of aromatic nitrogens is 2. The smallest absolute Gasteiger partial charge is 0.273 e. The van der Waals surface area contributed by atoms with Crippen molar-refractivity contribution in [1.82, 2.24) is 9.38 Å². The molecule has 0 unspecified atom stereocenters. The van der Waals surface area contributed by atoms with Gasteiger partial charge < -0.3 is 9.38 Å². The summed E-state index contributed by atoms with van der Waals surface area (Å²) in [5.74, 6) is 0. The van der Waals surface area contributed by atoms with Crippen LogP contribution in [-0.2, 0) is 0 Å². The van der Waals surface area contributed by atoms with E-state index in [1.54, 1.807) is 16.8 Å². The molecule has 11 heavy (non-hydrogen) atoms. The summed E-state index contributed by atoms with van der Waals surface area (Å²) in [6.45, 7) is 0. The van der Waals surface area contributed by atoms with Crippen molar-refractivity contribution in [3.05, 3.63) is 39.5 Å². The minimum Gasteiger partial charge on any atom is -0.326 e.